The van der Waals surface area contributed by atoms with Gasteiger partial charge in [-0.1, -0.05) is 0 Å². The highest BCUT2D eigenvalue weighted by molar-refractivity contribution is 5.64. The Morgan fingerprint density at radius 3 is 2.44 bits per heavy atom. The predicted molar refractivity (Wildman–Crippen MR) is 55.6 cm³/mol. The second-order valence-electron chi connectivity index (χ2n) is 2.69. The van der Waals surface area contributed by atoms with E-state index in [1.807, 2.05) is 0 Å². The van der Waals surface area contributed by atoms with Crippen molar-refractivity contribution in [2.75, 3.05) is 0 Å². The highest BCUT2D eigenvalue weighted by atomic mass is 16.3. The maximum absolute atomic E-state index is 9.36. The van der Waals surface area contributed by atoms with Gasteiger partial charge in [0.15, 0.2) is 9.95 Å². The molecule has 0 bridgehead atoms. The van der Waals surface area contributed by atoms with Crippen LogP contribution in [0.5, 0.6) is 0 Å². The van der Waals surface area contributed by atoms with Crippen LogP contribution in [0, 0.1) is 10.8 Å². The van der Waals surface area contributed by atoms with Crippen LogP contribution in [0.15, 0.2) is 30.7 Å². The van der Waals surface area contributed by atoms with Gasteiger partial charge in [0, 0.05) is 11.8 Å². The summed E-state index contributed by atoms with van der Waals surface area (Å²) in [7, 11) is 0. The molecule has 0 saturated heterocycles. The van der Waals surface area contributed by atoms with Crippen molar-refractivity contribution in [2.24, 2.45) is 0 Å². The smallest absolute Gasteiger partial charge is 0.393 e. The van der Waals surface area contributed by atoms with Crippen LogP contribution in [0.3, 0.4) is 0 Å². The molecule has 0 aromatic carbocycles. The van der Waals surface area contributed by atoms with Gasteiger partial charge in [-0.05, 0) is 12.1 Å². The molecule has 1 aromatic rings. The third kappa shape index (κ3) is 2.53. The standard InChI is InChI=1S/C9H5N5O2/c10-13-4-8(15)6-1-2-12-7(3-6)9(16)5-14-11/h1-5H/p+2. The number of diazo groups is 2. The Morgan fingerprint density at radius 1 is 1.19 bits per heavy atom. The Balaban J connectivity index is 3.16. The molecule has 16 heavy (non-hydrogen) atoms. The lowest BCUT2D eigenvalue weighted by atomic mass is 10.2. The molecule has 0 aliphatic carbocycles. The minimum atomic E-state index is -0.363. The summed E-state index contributed by atoms with van der Waals surface area (Å²) in [6, 6.07) is 2.78. The molecule has 0 amide bonds. The first-order valence-electron chi connectivity index (χ1n) is 4.12. The number of rotatable bonds is 2. The van der Waals surface area contributed by atoms with E-state index in [4.69, 9.17) is 10.8 Å². The van der Waals surface area contributed by atoms with Crippen LogP contribution in [0.4, 0.5) is 0 Å². The van der Waals surface area contributed by atoms with Crippen LogP contribution in [-0.2, 0) is 0 Å². The lowest BCUT2D eigenvalue weighted by Gasteiger charge is -1.98. The van der Waals surface area contributed by atoms with E-state index in [0.29, 0.717) is 5.56 Å². The summed E-state index contributed by atoms with van der Waals surface area (Å²) in [6.07, 6.45) is 2.95. The molecule has 0 radical (unpaired) electrons. The summed E-state index contributed by atoms with van der Waals surface area (Å²) in [5.74, 6) is -0.655. The number of aliphatic hydroxyl groups is 2. The lowest BCUT2D eigenvalue weighted by molar-refractivity contribution is 0.506. The molecule has 0 aliphatic heterocycles. The van der Waals surface area contributed by atoms with E-state index in [9.17, 15) is 10.2 Å². The first-order valence-corrected chi connectivity index (χ1v) is 4.12. The molecular formula is C9H7N5O2+2. The second-order valence-corrected chi connectivity index (χ2v) is 2.69. The Labute approximate surface area is 90.2 Å². The van der Waals surface area contributed by atoms with Crippen LogP contribution >= 0.6 is 0 Å². The summed E-state index contributed by atoms with van der Waals surface area (Å²) in [5.41, 5.74) is 0.397. The molecule has 0 saturated carbocycles. The van der Waals surface area contributed by atoms with Gasteiger partial charge in [0.1, 0.15) is 5.69 Å². The Morgan fingerprint density at radius 2 is 1.81 bits per heavy atom. The Kier molecular flexibility index (Phi) is 3.54. The molecule has 78 valence electrons. The van der Waals surface area contributed by atoms with Crippen molar-refractivity contribution in [3.05, 3.63) is 51.9 Å². The molecule has 0 unspecified atom stereocenters. The number of pyridine rings is 1. The number of aromatic nitrogens is 1. The van der Waals surface area contributed by atoms with Gasteiger partial charge in [0.25, 0.3) is 0 Å². The molecule has 7 heteroatoms. The molecule has 1 rings (SSSR count). The maximum atomic E-state index is 9.36. The summed E-state index contributed by atoms with van der Waals surface area (Å²) in [4.78, 5) is 9.07. The lowest BCUT2D eigenvalue weighted by Crippen LogP contribution is -1.91. The fourth-order valence-corrected chi connectivity index (χ4v) is 0.980. The average molecular weight is 217 g/mol. The van der Waals surface area contributed by atoms with Crippen LogP contribution in [0.1, 0.15) is 11.3 Å². The van der Waals surface area contributed by atoms with Crippen LogP contribution in [0.25, 0.3) is 21.5 Å². The topological polar surface area (TPSA) is 110 Å². The second kappa shape index (κ2) is 5.08. The summed E-state index contributed by atoms with van der Waals surface area (Å²) in [6.45, 7) is 0. The molecular weight excluding hydrogens is 210 g/mol. The number of hydrogen-bond donors (Lipinski definition) is 2. The molecule has 0 atom stereocenters. The minimum absolute atomic E-state index is 0.105. The van der Waals surface area contributed by atoms with Crippen molar-refractivity contribution in [2.45, 2.75) is 0 Å². The van der Waals surface area contributed by atoms with Crippen LogP contribution < -0.4 is 0 Å². The van der Waals surface area contributed by atoms with E-state index in [0.717, 1.165) is 12.4 Å². The molecule has 2 N–H and O–H groups in total. The quantitative estimate of drug-likeness (QED) is 0.584. The fourth-order valence-electron chi connectivity index (χ4n) is 0.980. The van der Waals surface area contributed by atoms with Gasteiger partial charge >= 0.3 is 12.4 Å². The largest absolute Gasteiger partial charge is 0.501 e. The van der Waals surface area contributed by atoms with Crippen LogP contribution in [-0.4, -0.2) is 15.2 Å². The van der Waals surface area contributed by atoms with E-state index in [1.165, 1.54) is 18.3 Å². The van der Waals surface area contributed by atoms with Gasteiger partial charge in [0.05, 0.1) is 0 Å². The van der Waals surface area contributed by atoms with Crippen molar-refractivity contribution in [3.8, 4) is 0 Å². The zero-order chi connectivity index (χ0) is 12.0. The molecule has 1 aromatic heterocycles. The van der Waals surface area contributed by atoms with Crippen molar-refractivity contribution in [3.63, 3.8) is 0 Å². The monoisotopic (exact) mass is 217 g/mol. The minimum Gasteiger partial charge on any atom is -0.501 e. The Hall–Kier alpha value is -2.93. The van der Waals surface area contributed by atoms with E-state index < -0.39 is 0 Å². The van der Waals surface area contributed by atoms with E-state index in [-0.39, 0.29) is 17.2 Å². The normalized spacial score (nSPS) is 11.6. The highest BCUT2D eigenvalue weighted by Crippen LogP contribution is 2.15. The summed E-state index contributed by atoms with van der Waals surface area (Å²) in [5, 5.41) is 35.1. The van der Waals surface area contributed by atoms with Crippen molar-refractivity contribution >= 4 is 11.5 Å². The first-order chi connectivity index (χ1) is 7.69. The van der Waals surface area contributed by atoms with E-state index in [1.54, 1.807) is 0 Å². The highest BCUT2D eigenvalue weighted by Gasteiger charge is 2.10. The van der Waals surface area contributed by atoms with E-state index in [2.05, 4.69) is 14.9 Å². The van der Waals surface area contributed by atoms with Crippen LogP contribution in [0.2, 0.25) is 0 Å². The van der Waals surface area contributed by atoms with E-state index >= 15 is 0 Å². The first kappa shape index (κ1) is 11.1. The molecule has 7 nitrogen and oxygen atoms in total. The average Bonchev–Trinajstić information content (AvgIpc) is 2.30. The molecule has 0 aliphatic rings. The Bertz CT molecular complexity index is 490. The van der Waals surface area contributed by atoms with Crippen molar-refractivity contribution < 1.29 is 10.2 Å². The molecule has 1 heterocycles. The number of aliphatic hydroxyl groups excluding tert-OH is 2. The van der Waals surface area contributed by atoms with Gasteiger partial charge in [-0.15, -0.1) is 0 Å². The third-order valence-electron chi connectivity index (χ3n) is 1.68. The van der Waals surface area contributed by atoms with Gasteiger partial charge in [-0.3, -0.25) is 4.98 Å². The predicted octanol–water partition coefficient (Wildman–Crippen LogP) is 2.50. The SMILES string of the molecule is N#[N+]C=C(O)c1ccnc(C(O)=C[N+]#N)c1. The fraction of sp³-hybridized carbons (Fsp3) is 0. The molecule has 0 spiro atoms. The zero-order valence-electron chi connectivity index (χ0n) is 8.02. The third-order valence-corrected chi connectivity index (χ3v) is 1.68. The van der Waals surface area contributed by atoms with Crippen molar-refractivity contribution in [1.82, 2.24) is 4.98 Å². The van der Waals surface area contributed by atoms with Crippen molar-refractivity contribution in [1.29, 1.82) is 10.8 Å². The molecule has 0 fully saturated rings. The van der Waals surface area contributed by atoms with Gasteiger partial charge in [-0.2, -0.15) is 0 Å². The summed E-state index contributed by atoms with van der Waals surface area (Å²) < 4.78 is 0. The maximum Gasteiger partial charge on any atom is 0.393 e. The van der Waals surface area contributed by atoms with Gasteiger partial charge in [-0.25, -0.2) is 0 Å². The van der Waals surface area contributed by atoms with Gasteiger partial charge in [0.2, 0.25) is 22.3 Å². The number of nitrogens with zero attached hydrogens (tertiary/aromatic N) is 5. The van der Waals surface area contributed by atoms with Gasteiger partial charge < -0.3 is 10.2 Å². The zero-order valence-corrected chi connectivity index (χ0v) is 8.02. The number of hydrogen-bond acceptors (Lipinski definition) is 5. The summed E-state index contributed by atoms with van der Waals surface area (Å²) >= 11 is 0.